The molecule has 1 amide bonds. The maximum Gasteiger partial charge on any atom is 0.326 e. The first-order valence-electron chi connectivity index (χ1n) is 3.88. The van der Waals surface area contributed by atoms with Crippen LogP contribution >= 0.6 is 22.6 Å². The van der Waals surface area contributed by atoms with Crippen molar-refractivity contribution in [3.8, 4) is 0 Å². The Morgan fingerprint density at radius 1 is 1.38 bits per heavy atom. The minimum Gasteiger partial charge on any atom is -0.454 e. The van der Waals surface area contributed by atoms with Crippen molar-refractivity contribution < 1.29 is 14.3 Å². The molecule has 0 aliphatic rings. The van der Waals surface area contributed by atoms with Gasteiger partial charge in [-0.1, -0.05) is 20.8 Å². The predicted molar refractivity (Wildman–Crippen MR) is 57.4 cm³/mol. The van der Waals surface area contributed by atoms with Crippen LogP contribution in [-0.2, 0) is 14.3 Å². The highest BCUT2D eigenvalue weighted by atomic mass is 127. The van der Waals surface area contributed by atoms with Crippen LogP contribution in [0.4, 0.5) is 0 Å². The largest absolute Gasteiger partial charge is 0.454 e. The summed E-state index contributed by atoms with van der Waals surface area (Å²) in [5.74, 6) is -0.565. The maximum atomic E-state index is 11.3. The molecule has 0 unspecified atom stereocenters. The zero-order chi connectivity index (χ0) is 10.5. The van der Waals surface area contributed by atoms with E-state index in [9.17, 15) is 9.59 Å². The Morgan fingerprint density at radius 2 is 1.92 bits per heavy atom. The monoisotopic (exact) mass is 299 g/mol. The van der Waals surface area contributed by atoms with Crippen LogP contribution in [-0.4, -0.2) is 23.0 Å². The van der Waals surface area contributed by atoms with Gasteiger partial charge < -0.3 is 10.1 Å². The molecule has 0 aromatic rings. The Bertz CT molecular complexity index is 198. The smallest absolute Gasteiger partial charge is 0.326 e. The first kappa shape index (κ1) is 12.7. The van der Waals surface area contributed by atoms with Crippen molar-refractivity contribution in [3.63, 3.8) is 0 Å². The highest BCUT2D eigenvalue weighted by Crippen LogP contribution is 2.11. The molecule has 1 N–H and O–H groups in total. The average Bonchev–Trinajstić information content (AvgIpc) is 1.99. The second kappa shape index (κ2) is 5.41. The van der Waals surface area contributed by atoms with Gasteiger partial charge in [0.1, 0.15) is 11.2 Å². The first-order chi connectivity index (χ1) is 5.88. The number of hydrogen-bond acceptors (Lipinski definition) is 3. The molecule has 13 heavy (non-hydrogen) atoms. The van der Waals surface area contributed by atoms with Gasteiger partial charge in [0.25, 0.3) is 0 Å². The van der Waals surface area contributed by atoms with E-state index in [0.717, 1.165) is 0 Å². The van der Waals surface area contributed by atoms with E-state index in [1.165, 1.54) is 0 Å². The number of rotatable bonds is 3. The minimum absolute atomic E-state index is 0.0564. The molecule has 0 fully saturated rings. The molecule has 0 aromatic carbocycles. The molecule has 76 valence electrons. The topological polar surface area (TPSA) is 55.4 Å². The lowest BCUT2D eigenvalue weighted by Gasteiger charge is -2.16. The average molecular weight is 299 g/mol. The molecule has 0 saturated carbocycles. The summed E-state index contributed by atoms with van der Waals surface area (Å²) >= 11 is 1.92. The lowest BCUT2D eigenvalue weighted by atomic mass is 9.96. The number of hydrogen-bond donors (Lipinski definition) is 1. The summed E-state index contributed by atoms with van der Waals surface area (Å²) < 4.78 is 4.95. The fourth-order valence-corrected chi connectivity index (χ4v) is 0.877. The predicted octanol–water partition coefficient (Wildman–Crippen LogP) is 1.08. The van der Waals surface area contributed by atoms with Gasteiger partial charge in [-0.2, -0.15) is 0 Å². The molecule has 0 spiro atoms. The van der Waals surface area contributed by atoms with E-state index in [1.807, 2.05) is 22.6 Å². The lowest BCUT2D eigenvalue weighted by molar-refractivity contribution is -0.142. The van der Waals surface area contributed by atoms with Crippen LogP contribution in [0.2, 0.25) is 0 Å². The Labute approximate surface area is 91.5 Å². The van der Waals surface area contributed by atoms with Gasteiger partial charge in [-0.3, -0.25) is 9.59 Å². The summed E-state index contributed by atoms with van der Waals surface area (Å²) in [5.41, 5.74) is -0.468. The Hall–Kier alpha value is -0.330. The highest BCUT2D eigenvalue weighted by molar-refractivity contribution is 14.1. The molecule has 0 aliphatic carbocycles. The third-order valence-electron chi connectivity index (χ3n) is 1.29. The van der Waals surface area contributed by atoms with Crippen molar-refractivity contribution in [2.45, 2.75) is 20.8 Å². The Balaban J connectivity index is 3.77. The molecule has 4 nitrogen and oxygen atoms in total. The van der Waals surface area contributed by atoms with Gasteiger partial charge in [0.15, 0.2) is 0 Å². The van der Waals surface area contributed by atoms with Crippen molar-refractivity contribution in [1.29, 1.82) is 0 Å². The number of halogens is 1. The van der Waals surface area contributed by atoms with Crippen molar-refractivity contribution in [3.05, 3.63) is 0 Å². The molecule has 0 bridgehead atoms. The van der Waals surface area contributed by atoms with Crippen LogP contribution < -0.4 is 5.32 Å². The van der Waals surface area contributed by atoms with Gasteiger partial charge in [0, 0.05) is 5.41 Å². The SMILES string of the molecule is CC(C)(C)C(=O)NCC(=O)OCI. The van der Waals surface area contributed by atoms with Crippen LogP contribution in [0.5, 0.6) is 0 Å². The molecular formula is C8H14INO3. The van der Waals surface area contributed by atoms with E-state index in [4.69, 9.17) is 0 Å². The van der Waals surface area contributed by atoms with E-state index in [2.05, 4.69) is 10.1 Å². The molecule has 0 atom stereocenters. The maximum absolute atomic E-state index is 11.3. The van der Waals surface area contributed by atoms with Gasteiger partial charge in [-0.05, 0) is 22.6 Å². The van der Waals surface area contributed by atoms with E-state index < -0.39 is 11.4 Å². The van der Waals surface area contributed by atoms with Gasteiger partial charge in [0.2, 0.25) is 5.91 Å². The van der Waals surface area contributed by atoms with Crippen LogP contribution in [0.3, 0.4) is 0 Å². The Morgan fingerprint density at radius 3 is 2.31 bits per heavy atom. The molecular weight excluding hydrogens is 285 g/mol. The molecule has 0 radical (unpaired) electrons. The van der Waals surface area contributed by atoms with Gasteiger partial charge in [0.05, 0.1) is 0 Å². The normalized spacial score (nSPS) is 10.8. The fraction of sp³-hybridized carbons (Fsp3) is 0.750. The summed E-state index contributed by atoms with van der Waals surface area (Å²) in [7, 11) is 0. The molecule has 0 aliphatic heterocycles. The van der Waals surface area contributed by atoms with Crippen LogP contribution in [0.25, 0.3) is 0 Å². The summed E-state index contributed by atoms with van der Waals surface area (Å²) in [6.45, 7) is 5.29. The fourth-order valence-electron chi connectivity index (χ4n) is 0.529. The minimum atomic E-state index is -0.468. The third-order valence-corrected chi connectivity index (χ3v) is 1.60. The number of amides is 1. The number of carbonyl (C=O) groups excluding carboxylic acids is 2. The second-order valence-electron chi connectivity index (χ2n) is 3.56. The quantitative estimate of drug-likeness (QED) is 0.482. The lowest BCUT2D eigenvalue weighted by Crippen LogP contribution is -2.38. The number of nitrogens with one attached hydrogen (secondary N) is 1. The van der Waals surface area contributed by atoms with E-state index in [0.29, 0.717) is 4.61 Å². The summed E-state index contributed by atoms with van der Waals surface area (Å²) in [6.07, 6.45) is 0. The number of carbonyl (C=O) groups is 2. The summed E-state index contributed by atoms with van der Waals surface area (Å²) in [4.78, 5) is 22.1. The summed E-state index contributed by atoms with van der Waals surface area (Å²) in [6, 6.07) is 0. The van der Waals surface area contributed by atoms with Gasteiger partial charge >= 0.3 is 5.97 Å². The molecule has 0 aromatic heterocycles. The number of alkyl halides is 1. The zero-order valence-electron chi connectivity index (χ0n) is 8.02. The van der Waals surface area contributed by atoms with Crippen molar-refractivity contribution >= 4 is 34.5 Å². The number of esters is 1. The van der Waals surface area contributed by atoms with Gasteiger partial charge in [-0.15, -0.1) is 0 Å². The van der Waals surface area contributed by atoms with Gasteiger partial charge in [-0.25, -0.2) is 0 Å². The van der Waals surface area contributed by atoms with Crippen molar-refractivity contribution in [2.24, 2.45) is 5.41 Å². The highest BCUT2D eigenvalue weighted by Gasteiger charge is 2.21. The molecule has 0 saturated heterocycles. The van der Waals surface area contributed by atoms with E-state index >= 15 is 0 Å². The van der Waals surface area contributed by atoms with Crippen LogP contribution in [0, 0.1) is 5.41 Å². The first-order valence-corrected chi connectivity index (χ1v) is 5.40. The number of ether oxygens (including phenoxy) is 1. The van der Waals surface area contributed by atoms with Crippen LogP contribution in [0.1, 0.15) is 20.8 Å². The van der Waals surface area contributed by atoms with Crippen molar-refractivity contribution in [1.82, 2.24) is 5.32 Å². The van der Waals surface area contributed by atoms with E-state index in [1.54, 1.807) is 20.8 Å². The zero-order valence-corrected chi connectivity index (χ0v) is 10.2. The Kier molecular flexibility index (Phi) is 5.27. The molecule has 5 heteroatoms. The summed E-state index contributed by atoms with van der Waals surface area (Å²) in [5, 5.41) is 2.49. The van der Waals surface area contributed by atoms with Crippen LogP contribution in [0.15, 0.2) is 0 Å². The molecule has 0 rings (SSSR count). The van der Waals surface area contributed by atoms with E-state index in [-0.39, 0.29) is 12.5 Å². The molecule has 0 heterocycles. The standard InChI is InChI=1S/C8H14INO3/c1-8(2,3)7(12)10-4-6(11)13-5-9/h4-5H2,1-3H3,(H,10,12). The van der Waals surface area contributed by atoms with Crippen molar-refractivity contribution in [2.75, 3.05) is 11.2 Å². The second-order valence-corrected chi connectivity index (χ2v) is 4.18. The third kappa shape index (κ3) is 5.84.